The Kier molecular flexibility index (Phi) is 3.84. The van der Waals surface area contributed by atoms with E-state index in [-0.39, 0.29) is 23.9 Å². The summed E-state index contributed by atoms with van der Waals surface area (Å²) in [5.74, 6) is -0.233. The second kappa shape index (κ2) is 5.24. The van der Waals surface area contributed by atoms with Crippen molar-refractivity contribution in [3.05, 3.63) is 34.9 Å². The fraction of sp³-hybridized carbons (Fsp3) is 0.333. The molecule has 19 heavy (non-hydrogen) atoms. The fourth-order valence-corrected chi connectivity index (χ4v) is 1.75. The van der Waals surface area contributed by atoms with E-state index in [1.54, 1.807) is 13.0 Å². The van der Waals surface area contributed by atoms with Gasteiger partial charge in [0, 0.05) is 12.1 Å². The van der Waals surface area contributed by atoms with Crippen LogP contribution in [0.3, 0.4) is 0 Å². The van der Waals surface area contributed by atoms with Gasteiger partial charge in [0.15, 0.2) is 5.82 Å². The van der Waals surface area contributed by atoms with Crippen molar-refractivity contribution in [2.45, 2.75) is 12.5 Å². The van der Waals surface area contributed by atoms with E-state index in [0.717, 1.165) is 0 Å². The standard InChI is InChI=1S/C12H13ClFN3O2/c1-12(15,6-18-2)11-16-10(19-17-11)8-4-3-7(13)5-9(8)14/h3-5H,6,15H2,1-2H3. The minimum Gasteiger partial charge on any atom is -0.382 e. The van der Waals surface area contributed by atoms with Crippen LogP contribution in [0.15, 0.2) is 22.7 Å². The van der Waals surface area contributed by atoms with E-state index in [9.17, 15) is 4.39 Å². The molecule has 5 nitrogen and oxygen atoms in total. The Morgan fingerprint density at radius 2 is 2.26 bits per heavy atom. The molecule has 0 spiro atoms. The third-order valence-corrected chi connectivity index (χ3v) is 2.78. The number of benzene rings is 1. The average Bonchev–Trinajstić information content (AvgIpc) is 2.78. The maximum absolute atomic E-state index is 13.7. The van der Waals surface area contributed by atoms with Crippen molar-refractivity contribution in [2.24, 2.45) is 5.73 Å². The van der Waals surface area contributed by atoms with Crippen molar-refractivity contribution in [3.63, 3.8) is 0 Å². The lowest BCUT2D eigenvalue weighted by molar-refractivity contribution is 0.135. The minimum atomic E-state index is -0.903. The van der Waals surface area contributed by atoms with E-state index in [0.29, 0.717) is 5.02 Å². The van der Waals surface area contributed by atoms with Gasteiger partial charge in [-0.3, -0.25) is 0 Å². The Balaban J connectivity index is 2.35. The first-order valence-corrected chi connectivity index (χ1v) is 5.89. The molecule has 7 heteroatoms. The predicted octanol–water partition coefficient (Wildman–Crippen LogP) is 2.35. The fourth-order valence-electron chi connectivity index (χ4n) is 1.59. The van der Waals surface area contributed by atoms with Crippen LogP contribution in [0.25, 0.3) is 11.5 Å². The van der Waals surface area contributed by atoms with Crippen molar-refractivity contribution < 1.29 is 13.7 Å². The van der Waals surface area contributed by atoms with Gasteiger partial charge >= 0.3 is 0 Å². The number of halogens is 2. The smallest absolute Gasteiger partial charge is 0.260 e. The molecule has 1 aromatic heterocycles. The van der Waals surface area contributed by atoms with E-state index in [1.165, 1.54) is 19.2 Å². The molecule has 1 atom stereocenters. The van der Waals surface area contributed by atoms with E-state index < -0.39 is 11.4 Å². The number of hydrogen-bond acceptors (Lipinski definition) is 5. The van der Waals surface area contributed by atoms with Crippen LogP contribution in [0.5, 0.6) is 0 Å². The Labute approximate surface area is 114 Å². The Bertz CT molecular complexity index is 586. The van der Waals surface area contributed by atoms with Gasteiger partial charge in [0.2, 0.25) is 0 Å². The number of hydrogen-bond donors (Lipinski definition) is 1. The topological polar surface area (TPSA) is 74.2 Å². The summed E-state index contributed by atoms with van der Waals surface area (Å²) in [6, 6.07) is 4.19. The van der Waals surface area contributed by atoms with Crippen molar-refractivity contribution in [2.75, 3.05) is 13.7 Å². The quantitative estimate of drug-likeness (QED) is 0.933. The van der Waals surface area contributed by atoms with Gasteiger partial charge < -0.3 is 15.0 Å². The lowest BCUT2D eigenvalue weighted by Gasteiger charge is -2.18. The number of rotatable bonds is 4. The van der Waals surface area contributed by atoms with E-state index in [4.69, 9.17) is 26.6 Å². The number of ether oxygens (including phenoxy) is 1. The molecule has 2 aromatic rings. The van der Waals surface area contributed by atoms with Crippen LogP contribution in [-0.4, -0.2) is 23.9 Å². The molecular formula is C12H13ClFN3O2. The average molecular weight is 286 g/mol. The largest absolute Gasteiger partial charge is 0.382 e. The molecule has 0 aliphatic heterocycles. The molecule has 2 N–H and O–H groups in total. The zero-order valence-electron chi connectivity index (χ0n) is 10.5. The summed E-state index contributed by atoms with van der Waals surface area (Å²) in [6.45, 7) is 1.92. The first kappa shape index (κ1) is 13.9. The number of methoxy groups -OCH3 is 1. The van der Waals surface area contributed by atoms with Crippen LogP contribution in [0.2, 0.25) is 5.02 Å². The van der Waals surface area contributed by atoms with Gasteiger partial charge in [-0.15, -0.1) is 0 Å². The van der Waals surface area contributed by atoms with Crippen LogP contribution in [0, 0.1) is 5.82 Å². The van der Waals surface area contributed by atoms with Crippen molar-refractivity contribution in [1.82, 2.24) is 10.1 Å². The van der Waals surface area contributed by atoms with Gasteiger partial charge in [-0.2, -0.15) is 4.98 Å². The Hall–Kier alpha value is -1.50. The van der Waals surface area contributed by atoms with Gasteiger partial charge in [-0.1, -0.05) is 16.8 Å². The Morgan fingerprint density at radius 1 is 1.53 bits per heavy atom. The lowest BCUT2D eigenvalue weighted by Crippen LogP contribution is -2.38. The molecule has 1 aromatic carbocycles. The van der Waals surface area contributed by atoms with Crippen LogP contribution >= 0.6 is 11.6 Å². The number of nitrogens with two attached hydrogens (primary N) is 1. The van der Waals surface area contributed by atoms with E-state index in [1.807, 2.05) is 0 Å². The molecule has 102 valence electrons. The van der Waals surface area contributed by atoms with Crippen LogP contribution in [-0.2, 0) is 10.3 Å². The maximum atomic E-state index is 13.7. The summed E-state index contributed by atoms with van der Waals surface area (Å²) in [5.41, 5.74) is 5.25. The molecule has 0 saturated heterocycles. The predicted molar refractivity (Wildman–Crippen MR) is 68.1 cm³/mol. The first-order chi connectivity index (χ1) is 8.94. The van der Waals surface area contributed by atoms with Crippen LogP contribution in [0.4, 0.5) is 4.39 Å². The highest BCUT2D eigenvalue weighted by atomic mass is 35.5. The molecule has 0 amide bonds. The Morgan fingerprint density at radius 3 is 2.89 bits per heavy atom. The second-order valence-corrected chi connectivity index (χ2v) is 4.83. The van der Waals surface area contributed by atoms with Crippen LogP contribution < -0.4 is 5.73 Å². The number of nitrogens with zero attached hydrogens (tertiary/aromatic N) is 2. The summed E-state index contributed by atoms with van der Waals surface area (Å²) < 4.78 is 23.7. The second-order valence-electron chi connectivity index (χ2n) is 4.40. The molecule has 0 radical (unpaired) electrons. The third kappa shape index (κ3) is 2.91. The molecule has 0 saturated carbocycles. The maximum Gasteiger partial charge on any atom is 0.260 e. The van der Waals surface area contributed by atoms with Crippen molar-refractivity contribution in [3.8, 4) is 11.5 Å². The van der Waals surface area contributed by atoms with Crippen LogP contribution in [0.1, 0.15) is 12.7 Å². The summed E-state index contributed by atoms with van der Waals surface area (Å²) in [6.07, 6.45) is 0. The van der Waals surface area contributed by atoms with Gasteiger partial charge in [0.1, 0.15) is 11.4 Å². The third-order valence-electron chi connectivity index (χ3n) is 2.54. The molecule has 2 rings (SSSR count). The molecule has 1 unspecified atom stereocenters. The zero-order valence-corrected chi connectivity index (χ0v) is 11.2. The molecule has 1 heterocycles. The van der Waals surface area contributed by atoms with Gasteiger partial charge in [-0.05, 0) is 25.1 Å². The summed E-state index contributed by atoms with van der Waals surface area (Å²) in [5, 5.41) is 4.05. The monoisotopic (exact) mass is 285 g/mol. The highest BCUT2D eigenvalue weighted by Crippen LogP contribution is 2.25. The first-order valence-electron chi connectivity index (χ1n) is 5.51. The van der Waals surface area contributed by atoms with Crippen molar-refractivity contribution in [1.29, 1.82) is 0 Å². The van der Waals surface area contributed by atoms with Gasteiger partial charge in [0.25, 0.3) is 5.89 Å². The van der Waals surface area contributed by atoms with E-state index in [2.05, 4.69) is 10.1 Å². The highest BCUT2D eigenvalue weighted by Gasteiger charge is 2.28. The van der Waals surface area contributed by atoms with Crippen molar-refractivity contribution >= 4 is 11.6 Å². The molecule has 0 fully saturated rings. The molecule has 0 bridgehead atoms. The SMILES string of the molecule is COCC(C)(N)c1noc(-c2ccc(Cl)cc2F)n1. The zero-order chi connectivity index (χ0) is 14.0. The highest BCUT2D eigenvalue weighted by molar-refractivity contribution is 6.30. The minimum absolute atomic E-state index is 0.0527. The van der Waals surface area contributed by atoms with Gasteiger partial charge in [0.05, 0.1) is 12.2 Å². The molecule has 0 aliphatic rings. The summed E-state index contributed by atoms with van der Waals surface area (Å²) in [4.78, 5) is 4.10. The summed E-state index contributed by atoms with van der Waals surface area (Å²) >= 11 is 5.68. The normalized spacial score (nSPS) is 14.4. The molecule has 0 aliphatic carbocycles. The van der Waals surface area contributed by atoms with E-state index >= 15 is 0 Å². The summed E-state index contributed by atoms with van der Waals surface area (Å²) in [7, 11) is 1.52. The number of aromatic nitrogens is 2. The lowest BCUT2D eigenvalue weighted by atomic mass is 10.1. The molecular weight excluding hydrogens is 273 g/mol. The van der Waals surface area contributed by atoms with Gasteiger partial charge in [-0.25, -0.2) is 4.39 Å².